The highest BCUT2D eigenvalue weighted by Gasteiger charge is 2.19. The van der Waals surface area contributed by atoms with Crippen LogP contribution in [0.4, 0.5) is 5.69 Å². The lowest BCUT2D eigenvalue weighted by Gasteiger charge is -2.37. The molecule has 1 unspecified atom stereocenters. The van der Waals surface area contributed by atoms with Crippen molar-refractivity contribution < 1.29 is 4.74 Å². The molecule has 0 amide bonds. The molecule has 0 saturated carbocycles. The first kappa shape index (κ1) is 16.1. The fourth-order valence-electron chi connectivity index (χ4n) is 2.96. The monoisotopic (exact) mass is 291 g/mol. The van der Waals surface area contributed by atoms with Crippen LogP contribution in [0.2, 0.25) is 0 Å². The first-order valence-corrected chi connectivity index (χ1v) is 8.08. The number of para-hydroxylation sites is 2. The molecule has 0 aliphatic carbocycles. The largest absolute Gasteiger partial charge is 0.495 e. The van der Waals surface area contributed by atoms with Gasteiger partial charge in [-0.3, -0.25) is 4.90 Å². The number of ether oxygens (including phenoxy) is 1. The Morgan fingerprint density at radius 3 is 2.52 bits per heavy atom. The summed E-state index contributed by atoms with van der Waals surface area (Å²) in [6.45, 7) is 8.61. The lowest BCUT2D eigenvalue weighted by atomic mass is 10.0. The van der Waals surface area contributed by atoms with Gasteiger partial charge in [-0.05, 0) is 37.6 Å². The molecule has 0 spiro atoms. The van der Waals surface area contributed by atoms with Gasteiger partial charge in [0.1, 0.15) is 5.75 Å². The molecule has 1 saturated heterocycles. The molecule has 0 bridgehead atoms. The van der Waals surface area contributed by atoms with Crippen molar-refractivity contribution in [1.29, 1.82) is 0 Å². The average molecular weight is 291 g/mol. The highest BCUT2D eigenvalue weighted by molar-refractivity contribution is 5.58. The topological polar surface area (TPSA) is 41.7 Å². The third kappa shape index (κ3) is 4.35. The molecule has 1 fully saturated rings. The van der Waals surface area contributed by atoms with E-state index in [4.69, 9.17) is 10.5 Å². The van der Waals surface area contributed by atoms with Gasteiger partial charge in [-0.1, -0.05) is 25.5 Å². The van der Waals surface area contributed by atoms with Gasteiger partial charge in [0.15, 0.2) is 0 Å². The van der Waals surface area contributed by atoms with E-state index in [1.54, 1.807) is 7.11 Å². The minimum atomic E-state index is 0.678. The zero-order valence-electron chi connectivity index (χ0n) is 13.4. The number of methoxy groups -OCH3 is 1. The number of anilines is 1. The van der Waals surface area contributed by atoms with Gasteiger partial charge in [0, 0.05) is 26.2 Å². The lowest BCUT2D eigenvalue weighted by molar-refractivity contribution is 0.237. The molecule has 1 aliphatic heterocycles. The summed E-state index contributed by atoms with van der Waals surface area (Å²) in [4.78, 5) is 4.99. The second-order valence-corrected chi connectivity index (χ2v) is 5.80. The Morgan fingerprint density at radius 2 is 1.90 bits per heavy atom. The number of hydrogen-bond donors (Lipinski definition) is 1. The summed E-state index contributed by atoms with van der Waals surface area (Å²) in [5, 5.41) is 0. The van der Waals surface area contributed by atoms with Gasteiger partial charge in [0.2, 0.25) is 0 Å². The van der Waals surface area contributed by atoms with Gasteiger partial charge in [-0.25, -0.2) is 0 Å². The summed E-state index contributed by atoms with van der Waals surface area (Å²) in [6, 6.07) is 8.29. The predicted molar refractivity (Wildman–Crippen MR) is 89.1 cm³/mol. The van der Waals surface area contributed by atoms with Crippen LogP contribution in [0.5, 0.6) is 5.75 Å². The Balaban J connectivity index is 1.83. The molecule has 0 radical (unpaired) electrons. The highest BCUT2D eigenvalue weighted by atomic mass is 16.5. The minimum Gasteiger partial charge on any atom is -0.495 e. The maximum absolute atomic E-state index is 5.79. The van der Waals surface area contributed by atoms with E-state index in [9.17, 15) is 0 Å². The lowest BCUT2D eigenvalue weighted by Crippen LogP contribution is -2.47. The van der Waals surface area contributed by atoms with Crippen LogP contribution >= 0.6 is 0 Å². The summed E-state index contributed by atoms with van der Waals surface area (Å²) in [7, 11) is 1.74. The summed E-state index contributed by atoms with van der Waals surface area (Å²) in [6.07, 6.45) is 2.42. The maximum atomic E-state index is 5.79. The normalized spacial score (nSPS) is 17.8. The molecule has 118 valence electrons. The Kier molecular flexibility index (Phi) is 6.33. The molecule has 1 heterocycles. The molecule has 1 aromatic carbocycles. The van der Waals surface area contributed by atoms with Crippen molar-refractivity contribution in [3.8, 4) is 5.75 Å². The van der Waals surface area contributed by atoms with Crippen LogP contribution in [0.25, 0.3) is 0 Å². The van der Waals surface area contributed by atoms with Crippen LogP contribution in [0, 0.1) is 5.92 Å². The number of nitrogens with two attached hydrogens (primary N) is 1. The summed E-state index contributed by atoms with van der Waals surface area (Å²) < 4.78 is 5.46. The second-order valence-electron chi connectivity index (χ2n) is 5.80. The van der Waals surface area contributed by atoms with E-state index in [-0.39, 0.29) is 0 Å². The van der Waals surface area contributed by atoms with E-state index >= 15 is 0 Å². The molecule has 2 N–H and O–H groups in total. The first-order chi connectivity index (χ1) is 10.3. The van der Waals surface area contributed by atoms with E-state index in [1.165, 1.54) is 25.1 Å². The smallest absolute Gasteiger partial charge is 0.142 e. The highest BCUT2D eigenvalue weighted by Crippen LogP contribution is 2.28. The summed E-state index contributed by atoms with van der Waals surface area (Å²) >= 11 is 0. The molecule has 0 aromatic heterocycles. The minimum absolute atomic E-state index is 0.678. The van der Waals surface area contributed by atoms with Crippen molar-refractivity contribution in [2.75, 3.05) is 51.3 Å². The van der Waals surface area contributed by atoms with Crippen molar-refractivity contribution in [2.45, 2.75) is 19.8 Å². The summed E-state index contributed by atoms with van der Waals surface area (Å²) in [5.74, 6) is 1.65. The Morgan fingerprint density at radius 1 is 1.19 bits per heavy atom. The van der Waals surface area contributed by atoms with Crippen LogP contribution in [0.3, 0.4) is 0 Å². The Hall–Kier alpha value is -1.26. The van der Waals surface area contributed by atoms with Crippen LogP contribution < -0.4 is 15.4 Å². The van der Waals surface area contributed by atoms with E-state index in [0.29, 0.717) is 5.92 Å². The van der Waals surface area contributed by atoms with Crippen LogP contribution in [-0.2, 0) is 0 Å². The van der Waals surface area contributed by atoms with Crippen LogP contribution in [0.1, 0.15) is 19.8 Å². The Labute approximate surface area is 128 Å². The molecular formula is C17H29N3O. The molecule has 21 heavy (non-hydrogen) atoms. The fraction of sp³-hybridized carbons (Fsp3) is 0.647. The van der Waals surface area contributed by atoms with Crippen molar-refractivity contribution >= 4 is 5.69 Å². The van der Waals surface area contributed by atoms with Crippen molar-refractivity contribution in [2.24, 2.45) is 11.7 Å². The number of nitrogens with zero attached hydrogens (tertiary/aromatic N) is 2. The van der Waals surface area contributed by atoms with Gasteiger partial charge in [0.25, 0.3) is 0 Å². The third-order valence-electron chi connectivity index (χ3n) is 4.56. The predicted octanol–water partition coefficient (Wildman–Crippen LogP) is 2.19. The quantitative estimate of drug-likeness (QED) is 0.836. The standard InChI is InChI=1S/C17H29N3O/c1-3-15(14-18)8-9-19-10-12-20(13-11-19)16-6-4-5-7-17(16)21-2/h4-7,15H,3,8-14,18H2,1-2H3. The molecule has 1 atom stereocenters. The molecular weight excluding hydrogens is 262 g/mol. The first-order valence-electron chi connectivity index (χ1n) is 8.08. The third-order valence-corrected chi connectivity index (χ3v) is 4.56. The van der Waals surface area contributed by atoms with Gasteiger partial charge >= 0.3 is 0 Å². The number of rotatable bonds is 7. The number of piperazine rings is 1. The number of hydrogen-bond acceptors (Lipinski definition) is 4. The van der Waals surface area contributed by atoms with E-state index in [2.05, 4.69) is 28.9 Å². The van der Waals surface area contributed by atoms with E-state index in [0.717, 1.165) is 38.5 Å². The molecule has 2 rings (SSSR count). The van der Waals surface area contributed by atoms with Gasteiger partial charge in [0.05, 0.1) is 12.8 Å². The fourth-order valence-corrected chi connectivity index (χ4v) is 2.96. The van der Waals surface area contributed by atoms with E-state index < -0.39 is 0 Å². The van der Waals surface area contributed by atoms with Gasteiger partial charge in [-0.15, -0.1) is 0 Å². The van der Waals surface area contributed by atoms with Crippen molar-refractivity contribution in [3.63, 3.8) is 0 Å². The molecule has 4 nitrogen and oxygen atoms in total. The summed E-state index contributed by atoms with van der Waals surface area (Å²) in [5.41, 5.74) is 7.00. The number of benzene rings is 1. The Bertz CT molecular complexity index is 412. The average Bonchev–Trinajstić information content (AvgIpc) is 2.56. The zero-order valence-corrected chi connectivity index (χ0v) is 13.4. The zero-order chi connectivity index (χ0) is 15.1. The van der Waals surface area contributed by atoms with Crippen LogP contribution in [0.15, 0.2) is 24.3 Å². The van der Waals surface area contributed by atoms with E-state index in [1.807, 2.05) is 12.1 Å². The molecule has 4 heteroatoms. The van der Waals surface area contributed by atoms with Gasteiger partial charge in [-0.2, -0.15) is 0 Å². The second kappa shape index (κ2) is 8.25. The molecule has 1 aromatic rings. The van der Waals surface area contributed by atoms with Crippen molar-refractivity contribution in [3.05, 3.63) is 24.3 Å². The SMILES string of the molecule is CCC(CN)CCN1CCN(c2ccccc2OC)CC1. The molecule has 1 aliphatic rings. The van der Waals surface area contributed by atoms with Crippen LogP contribution in [-0.4, -0.2) is 51.3 Å². The van der Waals surface area contributed by atoms with Crippen molar-refractivity contribution in [1.82, 2.24) is 4.90 Å². The maximum Gasteiger partial charge on any atom is 0.142 e. The van der Waals surface area contributed by atoms with Gasteiger partial charge < -0.3 is 15.4 Å².